The fourth-order valence-electron chi connectivity index (χ4n) is 1.78. The van der Waals surface area contributed by atoms with Crippen LogP contribution in [0.4, 0.5) is 15.8 Å². The molecule has 0 aliphatic carbocycles. The van der Waals surface area contributed by atoms with Gasteiger partial charge in [0, 0.05) is 22.4 Å². The highest BCUT2D eigenvalue weighted by Gasteiger charge is 2.06. The number of nitrogen functional groups attached to an aromatic ring is 1. The van der Waals surface area contributed by atoms with Crippen LogP contribution in [0.25, 0.3) is 0 Å². The number of hydrogen-bond acceptors (Lipinski definition) is 2. The Labute approximate surface area is 111 Å². The van der Waals surface area contributed by atoms with E-state index in [9.17, 15) is 4.39 Å². The summed E-state index contributed by atoms with van der Waals surface area (Å²) in [5.41, 5.74) is 7.73. The second kappa shape index (κ2) is 5.27. The monoisotopic (exact) mass is 264 g/mol. The van der Waals surface area contributed by atoms with Gasteiger partial charge >= 0.3 is 0 Å². The van der Waals surface area contributed by atoms with Crippen LogP contribution in [-0.2, 0) is 0 Å². The second-order valence-electron chi connectivity index (χ2n) is 4.19. The Balaban J connectivity index is 2.15. The van der Waals surface area contributed by atoms with Crippen molar-refractivity contribution in [1.82, 2.24) is 0 Å². The molecule has 1 atom stereocenters. The van der Waals surface area contributed by atoms with Gasteiger partial charge in [-0.25, -0.2) is 4.39 Å². The van der Waals surface area contributed by atoms with Gasteiger partial charge in [0.1, 0.15) is 5.82 Å². The number of anilines is 2. The van der Waals surface area contributed by atoms with Crippen LogP contribution in [0.15, 0.2) is 42.5 Å². The maximum absolute atomic E-state index is 13.2. The van der Waals surface area contributed by atoms with Gasteiger partial charge in [-0.3, -0.25) is 0 Å². The van der Waals surface area contributed by atoms with E-state index in [2.05, 4.69) is 5.32 Å². The van der Waals surface area contributed by atoms with E-state index in [-0.39, 0.29) is 11.9 Å². The van der Waals surface area contributed by atoms with Crippen LogP contribution in [0.5, 0.6) is 0 Å². The van der Waals surface area contributed by atoms with E-state index in [4.69, 9.17) is 17.3 Å². The average molecular weight is 265 g/mol. The minimum Gasteiger partial charge on any atom is -0.399 e. The molecule has 0 aromatic heterocycles. The molecule has 94 valence electrons. The van der Waals surface area contributed by atoms with Gasteiger partial charge in [-0.2, -0.15) is 0 Å². The lowest BCUT2D eigenvalue weighted by molar-refractivity contribution is 0.628. The minimum atomic E-state index is -0.346. The zero-order valence-corrected chi connectivity index (χ0v) is 10.7. The molecule has 0 bridgehead atoms. The molecular formula is C14H14ClFN2. The standard InChI is InChI=1S/C14H14ClFN2/c1-9(10-2-4-11(15)5-3-10)18-14-7-12(16)6-13(17)8-14/h2-9,18H,17H2,1H3. The van der Waals surface area contributed by atoms with E-state index in [0.29, 0.717) is 16.4 Å². The van der Waals surface area contributed by atoms with Gasteiger partial charge in [-0.05, 0) is 42.8 Å². The summed E-state index contributed by atoms with van der Waals surface area (Å²) in [6, 6.07) is 12.0. The first kappa shape index (κ1) is 12.7. The SMILES string of the molecule is CC(Nc1cc(N)cc(F)c1)c1ccc(Cl)cc1. The minimum absolute atomic E-state index is 0.0449. The fraction of sp³-hybridized carbons (Fsp3) is 0.143. The molecule has 0 heterocycles. The van der Waals surface area contributed by atoms with Gasteiger partial charge in [0.05, 0.1) is 0 Å². The quantitative estimate of drug-likeness (QED) is 0.814. The van der Waals surface area contributed by atoms with Crippen LogP contribution >= 0.6 is 11.6 Å². The highest BCUT2D eigenvalue weighted by Crippen LogP contribution is 2.23. The molecular weight excluding hydrogens is 251 g/mol. The van der Waals surface area contributed by atoms with E-state index < -0.39 is 0 Å². The molecule has 2 nitrogen and oxygen atoms in total. The van der Waals surface area contributed by atoms with Crippen molar-refractivity contribution in [3.63, 3.8) is 0 Å². The summed E-state index contributed by atoms with van der Waals surface area (Å²) < 4.78 is 13.2. The average Bonchev–Trinajstić information content (AvgIpc) is 2.28. The zero-order valence-electron chi connectivity index (χ0n) is 9.95. The molecule has 0 saturated carbocycles. The Morgan fingerprint density at radius 1 is 1.17 bits per heavy atom. The van der Waals surface area contributed by atoms with Crippen molar-refractivity contribution >= 4 is 23.0 Å². The molecule has 0 aliphatic heterocycles. The molecule has 0 aliphatic rings. The summed E-state index contributed by atoms with van der Waals surface area (Å²) in [7, 11) is 0. The molecule has 2 rings (SSSR count). The van der Waals surface area contributed by atoms with Crippen LogP contribution in [0, 0.1) is 5.82 Å². The smallest absolute Gasteiger partial charge is 0.127 e. The molecule has 2 aromatic rings. The lowest BCUT2D eigenvalue weighted by Gasteiger charge is -2.16. The third kappa shape index (κ3) is 3.14. The molecule has 18 heavy (non-hydrogen) atoms. The largest absolute Gasteiger partial charge is 0.399 e. The third-order valence-electron chi connectivity index (χ3n) is 2.67. The predicted octanol–water partition coefficient (Wildman–Crippen LogP) is 4.23. The highest BCUT2D eigenvalue weighted by molar-refractivity contribution is 6.30. The maximum atomic E-state index is 13.2. The molecule has 1 unspecified atom stereocenters. The molecule has 0 saturated heterocycles. The van der Waals surface area contributed by atoms with Crippen molar-refractivity contribution in [1.29, 1.82) is 0 Å². The number of nitrogens with one attached hydrogen (secondary N) is 1. The summed E-state index contributed by atoms with van der Waals surface area (Å²) >= 11 is 5.83. The highest BCUT2D eigenvalue weighted by atomic mass is 35.5. The van der Waals surface area contributed by atoms with E-state index in [1.807, 2.05) is 31.2 Å². The third-order valence-corrected chi connectivity index (χ3v) is 2.93. The number of nitrogens with two attached hydrogens (primary N) is 1. The summed E-state index contributed by atoms with van der Waals surface area (Å²) in [4.78, 5) is 0. The summed E-state index contributed by atoms with van der Waals surface area (Å²) in [6.45, 7) is 1.99. The van der Waals surface area contributed by atoms with Gasteiger partial charge in [-0.1, -0.05) is 23.7 Å². The van der Waals surface area contributed by atoms with E-state index in [0.717, 1.165) is 5.56 Å². The molecule has 0 radical (unpaired) electrons. The number of hydrogen-bond donors (Lipinski definition) is 2. The van der Waals surface area contributed by atoms with Crippen molar-refractivity contribution in [2.24, 2.45) is 0 Å². The van der Waals surface area contributed by atoms with Crippen molar-refractivity contribution in [3.8, 4) is 0 Å². The van der Waals surface area contributed by atoms with Gasteiger partial charge < -0.3 is 11.1 Å². The maximum Gasteiger partial charge on any atom is 0.127 e. The first-order valence-corrected chi connectivity index (χ1v) is 6.00. The number of rotatable bonds is 3. The first-order valence-electron chi connectivity index (χ1n) is 5.62. The Bertz CT molecular complexity index is 520. The van der Waals surface area contributed by atoms with Crippen LogP contribution in [0.1, 0.15) is 18.5 Å². The number of halogens is 2. The van der Waals surface area contributed by atoms with Crippen molar-refractivity contribution in [3.05, 3.63) is 58.9 Å². The van der Waals surface area contributed by atoms with E-state index in [1.54, 1.807) is 6.07 Å². The lowest BCUT2D eigenvalue weighted by atomic mass is 10.1. The Morgan fingerprint density at radius 3 is 2.44 bits per heavy atom. The summed E-state index contributed by atoms with van der Waals surface area (Å²) in [6.07, 6.45) is 0. The van der Waals surface area contributed by atoms with Crippen LogP contribution in [0.3, 0.4) is 0 Å². The molecule has 3 N–H and O–H groups in total. The van der Waals surface area contributed by atoms with Gasteiger partial charge in [0.25, 0.3) is 0 Å². The van der Waals surface area contributed by atoms with Crippen molar-refractivity contribution in [2.45, 2.75) is 13.0 Å². The Kier molecular flexibility index (Phi) is 3.72. The predicted molar refractivity (Wildman–Crippen MR) is 74.3 cm³/mol. The van der Waals surface area contributed by atoms with Crippen LogP contribution in [-0.4, -0.2) is 0 Å². The van der Waals surface area contributed by atoms with Gasteiger partial charge in [-0.15, -0.1) is 0 Å². The molecule has 2 aromatic carbocycles. The lowest BCUT2D eigenvalue weighted by Crippen LogP contribution is -2.07. The molecule has 0 amide bonds. The van der Waals surface area contributed by atoms with Gasteiger partial charge in [0.15, 0.2) is 0 Å². The molecule has 4 heteroatoms. The second-order valence-corrected chi connectivity index (χ2v) is 4.63. The van der Waals surface area contributed by atoms with E-state index >= 15 is 0 Å². The summed E-state index contributed by atoms with van der Waals surface area (Å²) in [5, 5.41) is 3.89. The molecule has 0 fully saturated rings. The fourth-order valence-corrected chi connectivity index (χ4v) is 1.91. The van der Waals surface area contributed by atoms with Crippen LogP contribution in [0.2, 0.25) is 5.02 Å². The Hall–Kier alpha value is -1.74. The van der Waals surface area contributed by atoms with Crippen molar-refractivity contribution < 1.29 is 4.39 Å². The van der Waals surface area contributed by atoms with Crippen LogP contribution < -0.4 is 11.1 Å². The Morgan fingerprint density at radius 2 is 1.83 bits per heavy atom. The van der Waals surface area contributed by atoms with E-state index in [1.165, 1.54) is 12.1 Å². The first-order chi connectivity index (χ1) is 8.54. The topological polar surface area (TPSA) is 38.0 Å². The van der Waals surface area contributed by atoms with Crippen molar-refractivity contribution in [2.75, 3.05) is 11.1 Å². The summed E-state index contributed by atoms with van der Waals surface area (Å²) in [5.74, 6) is -0.346. The number of benzene rings is 2. The normalized spacial score (nSPS) is 12.2. The van der Waals surface area contributed by atoms with Gasteiger partial charge in [0.2, 0.25) is 0 Å². The molecule has 0 spiro atoms. The zero-order chi connectivity index (χ0) is 13.1.